The summed E-state index contributed by atoms with van der Waals surface area (Å²) >= 11 is -0.189. The second-order valence-electron chi connectivity index (χ2n) is 8.64. The van der Waals surface area contributed by atoms with E-state index >= 15 is 0 Å². The zero-order valence-electron chi connectivity index (χ0n) is 21.3. The largest absolute Gasteiger partial charge is 0.668 e. The third kappa shape index (κ3) is 37.6. The van der Waals surface area contributed by atoms with Gasteiger partial charge in [-0.15, -0.1) is 0 Å². The molecule has 4 nitrogen and oxygen atoms in total. The van der Waals surface area contributed by atoms with Crippen LogP contribution in [0.15, 0.2) is 0 Å². The van der Waals surface area contributed by atoms with Gasteiger partial charge in [-0.05, 0) is 19.3 Å². The smallest absolute Gasteiger partial charge is 0.484 e. The van der Waals surface area contributed by atoms with Crippen LogP contribution < -0.4 is 0 Å². The number of rotatable bonds is 24. The minimum atomic E-state index is -0.653. The van der Waals surface area contributed by atoms with Gasteiger partial charge in [0.05, 0.1) is 0 Å². The minimum absolute atomic E-state index is 0.189. The Morgan fingerprint density at radius 2 is 0.871 bits per heavy atom. The molecule has 1 N–H and O–H groups in total. The molecule has 1 radical (unpaired) electrons. The first kappa shape index (κ1) is 33.1. The molecule has 0 aliphatic heterocycles. The number of aliphatic carboxylic acids is 1. The summed E-state index contributed by atoms with van der Waals surface area (Å²) in [6.07, 6.45) is 24.9. The Balaban J connectivity index is 0. The molecule has 0 heterocycles. The van der Waals surface area contributed by atoms with E-state index in [1.54, 1.807) is 0 Å². The molecular formula is C26H54AlO4. The van der Waals surface area contributed by atoms with E-state index in [0.717, 1.165) is 38.9 Å². The summed E-state index contributed by atoms with van der Waals surface area (Å²) in [6.45, 7) is 8.34. The van der Waals surface area contributed by atoms with Gasteiger partial charge in [-0.1, -0.05) is 124 Å². The molecule has 0 atom stereocenters. The van der Waals surface area contributed by atoms with Crippen LogP contribution in [0.2, 0.25) is 0 Å². The monoisotopic (exact) mass is 457 g/mol. The predicted molar refractivity (Wildman–Crippen MR) is 135 cm³/mol. The van der Waals surface area contributed by atoms with Gasteiger partial charge in [-0.2, -0.15) is 0 Å². The van der Waals surface area contributed by atoms with Gasteiger partial charge in [0, 0.05) is 19.6 Å². The molecule has 0 saturated heterocycles. The lowest BCUT2D eigenvalue weighted by Gasteiger charge is -2.03. The van der Waals surface area contributed by atoms with Gasteiger partial charge in [-0.3, -0.25) is 4.79 Å². The standard InChI is InChI=1S/C18H36O2.2C4H9O.Al/c1-2-3-4-5-6-7-8-9-10-11-12-13-14-15-16-17-18(19)20;2*1-2-3-4-5;/h2-17H2,1H3,(H,19,20);2*2-4H2,1H3;/q;2*-1;+2. The van der Waals surface area contributed by atoms with Crippen molar-refractivity contribution < 1.29 is 17.5 Å². The van der Waals surface area contributed by atoms with E-state index in [4.69, 9.17) is 12.7 Å². The molecular weight excluding hydrogens is 403 g/mol. The first-order chi connectivity index (χ1) is 15.2. The van der Waals surface area contributed by atoms with Crippen molar-refractivity contribution in [3.8, 4) is 0 Å². The van der Waals surface area contributed by atoms with E-state index in [1.165, 1.54) is 96.3 Å². The number of carboxylic acids is 1. The summed E-state index contributed by atoms with van der Waals surface area (Å²) < 4.78 is 10.6. The highest BCUT2D eigenvalue weighted by Crippen LogP contribution is 2.13. The van der Waals surface area contributed by atoms with E-state index < -0.39 is 5.97 Å². The van der Waals surface area contributed by atoms with Gasteiger partial charge in [0.2, 0.25) is 0 Å². The molecule has 0 aromatic rings. The van der Waals surface area contributed by atoms with E-state index in [1.807, 2.05) is 0 Å². The average molecular weight is 458 g/mol. The maximum Gasteiger partial charge on any atom is 0.668 e. The Kier molecular flexibility index (Phi) is 34.3. The molecule has 0 spiro atoms. The topological polar surface area (TPSA) is 55.8 Å². The third-order valence-electron chi connectivity index (χ3n) is 5.36. The second kappa shape index (κ2) is 32.1. The third-order valence-corrected chi connectivity index (χ3v) is 6.11. The lowest BCUT2D eigenvalue weighted by molar-refractivity contribution is -0.137. The van der Waals surface area contributed by atoms with Gasteiger partial charge >= 0.3 is 21.9 Å². The fourth-order valence-corrected chi connectivity index (χ4v) is 3.87. The van der Waals surface area contributed by atoms with Crippen molar-refractivity contribution in [2.75, 3.05) is 13.2 Å². The van der Waals surface area contributed by atoms with Crippen molar-refractivity contribution in [2.45, 2.75) is 149 Å². The first-order valence-corrected chi connectivity index (χ1v) is 14.4. The van der Waals surface area contributed by atoms with Crippen LogP contribution in [0, 0.1) is 0 Å². The van der Waals surface area contributed by atoms with Crippen LogP contribution in [0.5, 0.6) is 0 Å². The van der Waals surface area contributed by atoms with Crippen molar-refractivity contribution in [1.82, 2.24) is 0 Å². The molecule has 0 saturated carbocycles. The van der Waals surface area contributed by atoms with E-state index in [-0.39, 0.29) is 15.9 Å². The highest BCUT2D eigenvalue weighted by atomic mass is 27.2. The van der Waals surface area contributed by atoms with Crippen LogP contribution in [-0.2, 0) is 12.4 Å². The van der Waals surface area contributed by atoms with E-state index in [2.05, 4.69) is 20.8 Å². The summed E-state index contributed by atoms with van der Waals surface area (Å²) in [5.74, 6) is -0.653. The van der Waals surface area contributed by atoms with Crippen LogP contribution in [0.3, 0.4) is 0 Å². The molecule has 0 aliphatic carbocycles. The average Bonchev–Trinajstić information content (AvgIpc) is 2.76. The number of unbranched alkanes of at least 4 members (excludes halogenated alkanes) is 16. The lowest BCUT2D eigenvalue weighted by atomic mass is 10.0. The maximum absolute atomic E-state index is 10.3. The zero-order valence-corrected chi connectivity index (χ0v) is 22.5. The summed E-state index contributed by atoms with van der Waals surface area (Å²) in [5, 5.41) is 8.52. The lowest BCUT2D eigenvalue weighted by Crippen LogP contribution is -2.06. The molecule has 5 heteroatoms. The van der Waals surface area contributed by atoms with Gasteiger partial charge in [0.15, 0.2) is 0 Å². The zero-order chi connectivity index (χ0) is 23.3. The number of carbonyl (C=O) groups is 1. The van der Waals surface area contributed by atoms with Crippen LogP contribution >= 0.6 is 0 Å². The van der Waals surface area contributed by atoms with Gasteiger partial charge in [0.1, 0.15) is 0 Å². The quantitative estimate of drug-likeness (QED) is 0.117. The van der Waals surface area contributed by atoms with E-state index in [0.29, 0.717) is 6.42 Å². The highest BCUT2D eigenvalue weighted by Gasteiger charge is 1.97. The molecule has 0 aliphatic rings. The molecule has 0 aromatic heterocycles. The predicted octanol–water partition coefficient (Wildman–Crippen LogP) is 8.49. The number of carboxylic acid groups (broad SMARTS) is 1. The molecule has 0 bridgehead atoms. The van der Waals surface area contributed by atoms with E-state index in [9.17, 15) is 4.79 Å². The van der Waals surface area contributed by atoms with Crippen LogP contribution in [-0.4, -0.2) is 40.2 Å². The summed E-state index contributed by atoms with van der Waals surface area (Å²) in [4.78, 5) is 10.3. The summed E-state index contributed by atoms with van der Waals surface area (Å²) in [6, 6.07) is 0. The summed E-state index contributed by atoms with van der Waals surface area (Å²) in [5.41, 5.74) is 0. The molecule has 0 aromatic carbocycles. The second-order valence-corrected chi connectivity index (χ2v) is 9.50. The van der Waals surface area contributed by atoms with Gasteiger partial charge in [-0.25, -0.2) is 0 Å². The van der Waals surface area contributed by atoms with Crippen molar-refractivity contribution in [3.05, 3.63) is 0 Å². The minimum Gasteiger partial charge on any atom is -0.484 e. The normalized spacial score (nSPS) is 10.5. The molecule has 0 rings (SSSR count). The van der Waals surface area contributed by atoms with Crippen molar-refractivity contribution >= 4 is 21.9 Å². The Labute approximate surface area is 201 Å². The van der Waals surface area contributed by atoms with Crippen LogP contribution in [0.1, 0.15) is 149 Å². The van der Waals surface area contributed by atoms with Crippen LogP contribution in [0.25, 0.3) is 0 Å². The fourth-order valence-electron chi connectivity index (χ4n) is 3.25. The Morgan fingerprint density at radius 3 is 1.19 bits per heavy atom. The highest BCUT2D eigenvalue weighted by molar-refractivity contribution is 6.17. The molecule has 185 valence electrons. The summed E-state index contributed by atoms with van der Waals surface area (Å²) in [7, 11) is 0. The van der Waals surface area contributed by atoms with Crippen molar-refractivity contribution in [2.24, 2.45) is 0 Å². The molecule has 0 fully saturated rings. The van der Waals surface area contributed by atoms with Gasteiger partial charge in [0.25, 0.3) is 0 Å². The van der Waals surface area contributed by atoms with Gasteiger partial charge < -0.3 is 12.7 Å². The fraction of sp³-hybridized carbons (Fsp3) is 0.962. The Hall–Kier alpha value is -0.0775. The number of hydrogen-bond acceptors (Lipinski definition) is 3. The van der Waals surface area contributed by atoms with Crippen LogP contribution in [0.4, 0.5) is 0 Å². The number of hydrogen-bond donors (Lipinski definition) is 1. The molecule has 31 heavy (non-hydrogen) atoms. The maximum atomic E-state index is 10.3. The Morgan fingerprint density at radius 1 is 0.548 bits per heavy atom. The Bertz CT molecular complexity index is 319. The van der Waals surface area contributed by atoms with Crippen molar-refractivity contribution in [3.63, 3.8) is 0 Å². The SMILES string of the molecule is CCCCCCCCCCCCCCCCCC(=O)O.CCCC[O][Al][O]CCCC. The first-order valence-electron chi connectivity index (χ1n) is 13.5. The van der Waals surface area contributed by atoms with Crippen molar-refractivity contribution in [1.29, 1.82) is 0 Å². The molecule has 0 amide bonds. The molecule has 0 unspecified atom stereocenters.